The summed E-state index contributed by atoms with van der Waals surface area (Å²) in [5.74, 6) is -1.62. The molecule has 0 bridgehead atoms. The third kappa shape index (κ3) is 14.1. The van der Waals surface area contributed by atoms with Crippen molar-refractivity contribution < 1.29 is 33.8 Å². The molecule has 3 amide bonds. The summed E-state index contributed by atoms with van der Waals surface area (Å²) >= 11 is 0. The number of hydrogen-bond acceptors (Lipinski definition) is 7. The first kappa shape index (κ1) is 39.1. The molecule has 2 aromatic carbocycles. The van der Waals surface area contributed by atoms with E-state index < -0.39 is 53.2 Å². The van der Waals surface area contributed by atoms with Crippen LogP contribution < -0.4 is 10.6 Å². The summed E-state index contributed by atoms with van der Waals surface area (Å²) < 4.78 is 11.2. The van der Waals surface area contributed by atoms with E-state index in [2.05, 4.69) is 10.6 Å². The molecule has 10 heteroatoms. The number of nitrogens with one attached hydrogen (secondary N) is 2. The molecule has 3 N–H and O–H groups in total. The van der Waals surface area contributed by atoms with Gasteiger partial charge >= 0.3 is 12.1 Å². The Balaban J connectivity index is 2.61. The third-order valence-corrected chi connectivity index (χ3v) is 7.04. The molecule has 3 unspecified atom stereocenters. The highest BCUT2D eigenvalue weighted by Gasteiger charge is 2.38. The van der Waals surface area contributed by atoms with Gasteiger partial charge in [0.2, 0.25) is 11.8 Å². The molecule has 0 aliphatic heterocycles. The van der Waals surface area contributed by atoms with Gasteiger partial charge in [-0.3, -0.25) is 9.59 Å². The lowest BCUT2D eigenvalue weighted by Crippen LogP contribution is -2.55. The molecule has 0 spiro atoms. The fraction of sp³-hybridized carbons (Fsp3) is 0.568. The first-order valence-corrected chi connectivity index (χ1v) is 16.6. The standard InChI is InChI=1S/C37H55N3O7/c1-10-11-15-22-40(33(43)29(23-25(2)3)39-35(45)47-37(7,8)9)31(27-18-20-28(41)21-19-27)32(42)38-30(34(44)46-36(4,5)6)24-26-16-13-12-14-17-26/h12-14,16-21,25,29-31,41H,10-11,15,22-24H2,1-9H3,(H,38,42)(H,39,45). The van der Waals surface area contributed by atoms with Crippen LogP contribution in [0.2, 0.25) is 0 Å². The van der Waals surface area contributed by atoms with Crippen molar-refractivity contribution in [3.8, 4) is 5.75 Å². The van der Waals surface area contributed by atoms with E-state index in [4.69, 9.17) is 9.47 Å². The number of amides is 3. The van der Waals surface area contributed by atoms with Gasteiger partial charge in [-0.15, -0.1) is 0 Å². The minimum Gasteiger partial charge on any atom is -0.508 e. The molecule has 0 aliphatic rings. The number of phenolic OH excluding ortho intramolecular Hbond substituents is 1. The van der Waals surface area contributed by atoms with Gasteiger partial charge < -0.3 is 30.1 Å². The number of alkyl carbamates (subject to hydrolysis) is 1. The number of phenols is 1. The molecular formula is C37H55N3O7. The highest BCUT2D eigenvalue weighted by molar-refractivity contribution is 5.94. The summed E-state index contributed by atoms with van der Waals surface area (Å²) in [4.78, 5) is 56.8. The average molecular weight is 654 g/mol. The van der Waals surface area contributed by atoms with Crippen molar-refractivity contribution in [2.75, 3.05) is 6.54 Å². The molecule has 0 radical (unpaired) electrons. The van der Waals surface area contributed by atoms with Crippen molar-refractivity contribution in [2.45, 2.75) is 124 Å². The highest BCUT2D eigenvalue weighted by Crippen LogP contribution is 2.27. The number of carbonyl (C=O) groups excluding carboxylic acids is 4. The number of hydrogen-bond donors (Lipinski definition) is 3. The largest absolute Gasteiger partial charge is 0.508 e. The average Bonchev–Trinajstić information content (AvgIpc) is 2.95. The maximum absolute atomic E-state index is 14.5. The Bertz CT molecular complexity index is 1300. The van der Waals surface area contributed by atoms with Crippen molar-refractivity contribution >= 4 is 23.9 Å². The second kappa shape index (κ2) is 17.7. The van der Waals surface area contributed by atoms with Crippen molar-refractivity contribution in [1.29, 1.82) is 0 Å². The Kier molecular flexibility index (Phi) is 14.8. The maximum atomic E-state index is 14.5. The lowest BCUT2D eigenvalue weighted by Gasteiger charge is -2.36. The van der Waals surface area contributed by atoms with Crippen LogP contribution >= 0.6 is 0 Å². The van der Waals surface area contributed by atoms with Crippen LogP contribution in [0.5, 0.6) is 5.75 Å². The van der Waals surface area contributed by atoms with Crippen LogP contribution in [0.15, 0.2) is 54.6 Å². The van der Waals surface area contributed by atoms with Gasteiger partial charge in [0.05, 0.1) is 0 Å². The minimum absolute atomic E-state index is 0.00301. The number of esters is 1. The smallest absolute Gasteiger partial charge is 0.408 e. The molecule has 0 fully saturated rings. The van der Waals surface area contributed by atoms with Gasteiger partial charge in [0.1, 0.15) is 35.1 Å². The van der Waals surface area contributed by atoms with Gasteiger partial charge in [-0.25, -0.2) is 9.59 Å². The molecule has 3 atom stereocenters. The summed E-state index contributed by atoms with van der Waals surface area (Å²) in [6.07, 6.45) is 2.02. The van der Waals surface area contributed by atoms with Crippen LogP contribution in [0.3, 0.4) is 0 Å². The van der Waals surface area contributed by atoms with Crippen LogP contribution in [0.25, 0.3) is 0 Å². The Labute approximate surface area is 280 Å². The molecule has 10 nitrogen and oxygen atoms in total. The van der Waals surface area contributed by atoms with Gasteiger partial charge in [0, 0.05) is 13.0 Å². The predicted molar refractivity (Wildman–Crippen MR) is 183 cm³/mol. The molecule has 0 saturated carbocycles. The van der Waals surface area contributed by atoms with Gasteiger partial charge in [-0.1, -0.05) is 76.1 Å². The number of carbonyl (C=O) groups is 4. The van der Waals surface area contributed by atoms with Crippen molar-refractivity contribution in [2.24, 2.45) is 5.92 Å². The molecule has 2 aromatic rings. The van der Waals surface area contributed by atoms with E-state index in [9.17, 15) is 24.3 Å². The van der Waals surface area contributed by atoms with Crippen LogP contribution in [0.4, 0.5) is 4.79 Å². The molecule has 0 heterocycles. The van der Waals surface area contributed by atoms with Gasteiger partial charge in [0.15, 0.2) is 0 Å². The van der Waals surface area contributed by atoms with Gasteiger partial charge in [-0.2, -0.15) is 0 Å². The Morgan fingerprint density at radius 2 is 1.40 bits per heavy atom. The van der Waals surface area contributed by atoms with E-state index in [1.165, 1.54) is 17.0 Å². The summed E-state index contributed by atoms with van der Waals surface area (Å²) in [6, 6.07) is 12.1. The lowest BCUT2D eigenvalue weighted by atomic mass is 9.98. The second-order valence-corrected chi connectivity index (χ2v) is 14.3. The first-order valence-electron chi connectivity index (χ1n) is 16.6. The molecular weight excluding hydrogens is 598 g/mol. The monoisotopic (exact) mass is 653 g/mol. The van der Waals surface area contributed by atoms with E-state index in [0.29, 0.717) is 18.4 Å². The fourth-order valence-corrected chi connectivity index (χ4v) is 5.04. The number of benzene rings is 2. The van der Waals surface area contributed by atoms with E-state index in [1.807, 2.05) is 51.1 Å². The first-order chi connectivity index (χ1) is 21.9. The zero-order valence-electron chi connectivity index (χ0n) is 29.6. The third-order valence-electron chi connectivity index (χ3n) is 7.04. The topological polar surface area (TPSA) is 134 Å². The highest BCUT2D eigenvalue weighted by atomic mass is 16.6. The SMILES string of the molecule is CCCCCN(C(=O)C(CC(C)C)NC(=O)OC(C)(C)C)C(C(=O)NC(Cc1ccccc1)C(=O)OC(C)(C)C)c1ccc(O)cc1. The van der Waals surface area contributed by atoms with Crippen LogP contribution in [-0.2, 0) is 30.3 Å². The van der Waals surface area contributed by atoms with Gasteiger partial charge in [0.25, 0.3) is 0 Å². The predicted octanol–water partition coefficient (Wildman–Crippen LogP) is 6.46. The minimum atomic E-state index is -1.18. The number of aromatic hydroxyl groups is 1. The van der Waals surface area contributed by atoms with E-state index >= 15 is 0 Å². The number of nitrogens with zero attached hydrogens (tertiary/aromatic N) is 1. The molecule has 260 valence electrons. The number of unbranched alkanes of at least 4 members (excludes halogenated alkanes) is 2. The lowest BCUT2D eigenvalue weighted by molar-refractivity contribution is -0.159. The van der Waals surface area contributed by atoms with E-state index in [-0.39, 0.29) is 24.6 Å². The van der Waals surface area contributed by atoms with E-state index in [0.717, 1.165) is 18.4 Å². The quantitative estimate of drug-likeness (QED) is 0.148. The van der Waals surface area contributed by atoms with Gasteiger partial charge in [-0.05, 0) is 83.6 Å². The van der Waals surface area contributed by atoms with Crippen molar-refractivity contribution in [3.05, 3.63) is 65.7 Å². The normalized spacial score (nSPS) is 13.7. The molecule has 47 heavy (non-hydrogen) atoms. The summed E-state index contributed by atoms with van der Waals surface area (Å²) in [5, 5.41) is 15.7. The van der Waals surface area contributed by atoms with Crippen molar-refractivity contribution in [1.82, 2.24) is 15.5 Å². The Morgan fingerprint density at radius 1 is 0.809 bits per heavy atom. The van der Waals surface area contributed by atoms with Crippen LogP contribution in [0.1, 0.15) is 105 Å². The maximum Gasteiger partial charge on any atom is 0.408 e. The summed E-state index contributed by atoms with van der Waals surface area (Å²) in [5.41, 5.74) is -0.319. The zero-order chi connectivity index (χ0) is 35.4. The number of rotatable bonds is 15. The molecule has 0 aromatic heterocycles. The Hall–Kier alpha value is -4.08. The second-order valence-electron chi connectivity index (χ2n) is 14.3. The van der Waals surface area contributed by atoms with Crippen molar-refractivity contribution in [3.63, 3.8) is 0 Å². The molecule has 0 aliphatic carbocycles. The summed E-state index contributed by atoms with van der Waals surface area (Å²) in [7, 11) is 0. The number of ether oxygens (including phenoxy) is 2. The van der Waals surface area contributed by atoms with E-state index in [1.54, 1.807) is 53.7 Å². The molecule has 0 saturated heterocycles. The molecule has 2 rings (SSSR count). The Morgan fingerprint density at radius 3 is 1.94 bits per heavy atom. The fourth-order valence-electron chi connectivity index (χ4n) is 5.04. The summed E-state index contributed by atoms with van der Waals surface area (Å²) in [6.45, 7) is 16.6. The van der Waals surface area contributed by atoms with Crippen LogP contribution in [-0.4, -0.2) is 63.7 Å². The zero-order valence-corrected chi connectivity index (χ0v) is 29.6. The van der Waals surface area contributed by atoms with Crippen LogP contribution in [0, 0.1) is 5.92 Å².